The van der Waals surface area contributed by atoms with Gasteiger partial charge in [0, 0.05) is 17.9 Å². The van der Waals surface area contributed by atoms with E-state index in [1.807, 2.05) is 0 Å². The predicted molar refractivity (Wildman–Crippen MR) is 51.3 cm³/mol. The highest BCUT2D eigenvalue weighted by Crippen LogP contribution is 2.21. The first kappa shape index (κ1) is 13.7. The van der Waals surface area contributed by atoms with Gasteiger partial charge >= 0.3 is 6.18 Å². The number of carbonyl (C=O) groups excluding carboxylic acids is 1. The van der Waals surface area contributed by atoms with Crippen molar-refractivity contribution >= 4 is 21.8 Å². The molecule has 0 N–H and O–H groups in total. The van der Waals surface area contributed by atoms with E-state index in [4.69, 9.17) is 0 Å². The molecule has 6 heteroatoms. The van der Waals surface area contributed by atoms with E-state index in [9.17, 15) is 18.0 Å². The number of alkyl halides is 4. The van der Waals surface area contributed by atoms with Gasteiger partial charge in [-0.05, 0) is 13.8 Å². The Morgan fingerprint density at radius 2 is 1.93 bits per heavy atom. The van der Waals surface area contributed by atoms with Gasteiger partial charge in [0.05, 0.1) is 0 Å². The fourth-order valence-electron chi connectivity index (χ4n) is 1.03. The maximum absolute atomic E-state index is 11.9. The Morgan fingerprint density at radius 3 is 2.21 bits per heavy atom. The summed E-state index contributed by atoms with van der Waals surface area (Å²) < 4.78 is 35.7. The summed E-state index contributed by atoms with van der Waals surface area (Å²) in [5, 5.41) is 0.481. The van der Waals surface area contributed by atoms with Crippen LogP contribution in [0, 0.1) is 0 Å². The lowest BCUT2D eigenvalue weighted by Gasteiger charge is -2.26. The van der Waals surface area contributed by atoms with Crippen molar-refractivity contribution in [2.75, 3.05) is 11.9 Å². The molecular weight excluding hydrogens is 263 g/mol. The lowest BCUT2D eigenvalue weighted by atomic mass is 10.2. The largest absolute Gasteiger partial charge is 0.397 e. The number of hydrogen-bond acceptors (Lipinski definition) is 1. The highest BCUT2D eigenvalue weighted by atomic mass is 79.9. The van der Waals surface area contributed by atoms with Gasteiger partial charge in [-0.15, -0.1) is 0 Å². The summed E-state index contributed by atoms with van der Waals surface area (Å²) >= 11 is 3.09. The first-order valence-electron chi connectivity index (χ1n) is 4.20. The molecule has 14 heavy (non-hydrogen) atoms. The quantitative estimate of drug-likeness (QED) is 0.723. The second-order valence-electron chi connectivity index (χ2n) is 3.16. The molecule has 2 nitrogen and oxygen atoms in total. The van der Waals surface area contributed by atoms with Gasteiger partial charge in [0.1, 0.15) is 6.42 Å². The summed E-state index contributed by atoms with van der Waals surface area (Å²) in [7, 11) is 0. The molecule has 0 unspecified atom stereocenters. The van der Waals surface area contributed by atoms with Crippen LogP contribution in [0.1, 0.15) is 20.3 Å². The number of halogens is 4. The summed E-state index contributed by atoms with van der Waals surface area (Å²) in [6, 6.07) is -0.206. The van der Waals surface area contributed by atoms with E-state index >= 15 is 0 Å². The fraction of sp³-hybridized carbons (Fsp3) is 0.875. The first-order chi connectivity index (χ1) is 6.28. The smallest absolute Gasteiger partial charge is 0.339 e. The van der Waals surface area contributed by atoms with Gasteiger partial charge in [-0.25, -0.2) is 0 Å². The van der Waals surface area contributed by atoms with Gasteiger partial charge < -0.3 is 4.90 Å². The van der Waals surface area contributed by atoms with Gasteiger partial charge in [0.15, 0.2) is 0 Å². The number of carbonyl (C=O) groups is 1. The monoisotopic (exact) mass is 275 g/mol. The predicted octanol–water partition coefficient (Wildman–Crippen LogP) is 2.57. The molecule has 0 atom stereocenters. The normalized spacial score (nSPS) is 11.9. The second kappa shape index (κ2) is 5.58. The molecule has 0 aromatic heterocycles. The second-order valence-corrected chi connectivity index (χ2v) is 3.95. The lowest BCUT2D eigenvalue weighted by Crippen LogP contribution is -2.40. The minimum atomic E-state index is -4.42. The summed E-state index contributed by atoms with van der Waals surface area (Å²) in [6.45, 7) is 3.68. The van der Waals surface area contributed by atoms with Gasteiger partial charge in [0.2, 0.25) is 5.91 Å². The van der Waals surface area contributed by atoms with Crippen LogP contribution in [0.5, 0.6) is 0 Å². The Kier molecular flexibility index (Phi) is 5.48. The molecule has 0 aromatic carbocycles. The van der Waals surface area contributed by atoms with Gasteiger partial charge in [-0.3, -0.25) is 4.79 Å². The Hall–Kier alpha value is -0.260. The molecule has 0 bridgehead atoms. The van der Waals surface area contributed by atoms with Crippen LogP contribution in [0.4, 0.5) is 13.2 Å². The van der Waals surface area contributed by atoms with E-state index in [1.165, 1.54) is 4.90 Å². The van der Waals surface area contributed by atoms with Crippen molar-refractivity contribution in [1.82, 2.24) is 4.90 Å². The molecule has 0 aliphatic rings. The van der Waals surface area contributed by atoms with Crippen LogP contribution < -0.4 is 0 Å². The Labute approximate surface area is 89.6 Å². The zero-order valence-corrected chi connectivity index (χ0v) is 9.65. The molecule has 0 spiro atoms. The molecule has 0 aromatic rings. The standard InChI is InChI=1S/C8H13BrF3NO/c1-6(2)13(4-3-9)7(14)5-8(10,11)12/h6H,3-5H2,1-2H3. The number of rotatable bonds is 4. The molecular formula is C8H13BrF3NO. The van der Waals surface area contributed by atoms with Gasteiger partial charge in [0.25, 0.3) is 0 Å². The maximum Gasteiger partial charge on any atom is 0.397 e. The maximum atomic E-state index is 11.9. The molecule has 0 fully saturated rings. The van der Waals surface area contributed by atoms with E-state index in [0.29, 0.717) is 11.9 Å². The van der Waals surface area contributed by atoms with Crippen molar-refractivity contribution in [1.29, 1.82) is 0 Å². The zero-order valence-electron chi connectivity index (χ0n) is 8.07. The summed E-state index contributed by atoms with van der Waals surface area (Å²) in [6.07, 6.45) is -5.80. The number of hydrogen-bond donors (Lipinski definition) is 0. The van der Waals surface area contributed by atoms with Crippen molar-refractivity contribution in [2.24, 2.45) is 0 Å². The lowest BCUT2D eigenvalue weighted by molar-refractivity contribution is -0.162. The van der Waals surface area contributed by atoms with E-state index in [-0.39, 0.29) is 6.04 Å². The average molecular weight is 276 g/mol. The SMILES string of the molecule is CC(C)N(CCBr)C(=O)CC(F)(F)F. The Balaban J connectivity index is 4.30. The molecule has 0 aliphatic heterocycles. The molecule has 0 radical (unpaired) electrons. The van der Waals surface area contributed by atoms with Crippen LogP contribution in [0.2, 0.25) is 0 Å². The van der Waals surface area contributed by atoms with Crippen molar-refractivity contribution in [3.8, 4) is 0 Å². The summed E-state index contributed by atoms with van der Waals surface area (Å²) in [5.41, 5.74) is 0. The molecule has 0 saturated heterocycles. The van der Waals surface area contributed by atoms with Crippen LogP contribution in [-0.4, -0.2) is 34.9 Å². The zero-order chi connectivity index (χ0) is 11.4. The highest BCUT2D eigenvalue weighted by molar-refractivity contribution is 9.09. The molecule has 0 aliphatic carbocycles. The molecule has 1 amide bonds. The van der Waals surface area contributed by atoms with E-state index in [2.05, 4.69) is 15.9 Å². The van der Waals surface area contributed by atoms with Crippen LogP contribution in [-0.2, 0) is 4.79 Å². The van der Waals surface area contributed by atoms with E-state index < -0.39 is 18.5 Å². The first-order valence-corrected chi connectivity index (χ1v) is 5.32. The molecule has 0 rings (SSSR count). The van der Waals surface area contributed by atoms with Crippen molar-refractivity contribution in [2.45, 2.75) is 32.5 Å². The van der Waals surface area contributed by atoms with Crippen molar-refractivity contribution in [3.63, 3.8) is 0 Å². The Bertz CT molecular complexity index is 194. The number of amides is 1. The molecule has 0 heterocycles. The van der Waals surface area contributed by atoms with E-state index in [0.717, 1.165) is 0 Å². The Morgan fingerprint density at radius 1 is 1.43 bits per heavy atom. The van der Waals surface area contributed by atoms with Crippen molar-refractivity contribution < 1.29 is 18.0 Å². The fourth-order valence-corrected chi connectivity index (χ4v) is 1.42. The van der Waals surface area contributed by atoms with Crippen molar-refractivity contribution in [3.05, 3.63) is 0 Å². The van der Waals surface area contributed by atoms with Gasteiger partial charge in [-0.1, -0.05) is 15.9 Å². The highest BCUT2D eigenvalue weighted by Gasteiger charge is 2.33. The minimum Gasteiger partial charge on any atom is -0.339 e. The topological polar surface area (TPSA) is 20.3 Å². The summed E-state index contributed by atoms with van der Waals surface area (Å²) in [4.78, 5) is 12.4. The van der Waals surface area contributed by atoms with E-state index in [1.54, 1.807) is 13.8 Å². The number of nitrogens with zero attached hydrogens (tertiary/aromatic N) is 1. The van der Waals surface area contributed by atoms with Crippen LogP contribution in [0.25, 0.3) is 0 Å². The minimum absolute atomic E-state index is 0.206. The molecule has 0 saturated carbocycles. The average Bonchev–Trinajstić information content (AvgIpc) is 1.95. The van der Waals surface area contributed by atoms with Crippen LogP contribution >= 0.6 is 15.9 Å². The van der Waals surface area contributed by atoms with Crippen LogP contribution in [0.15, 0.2) is 0 Å². The van der Waals surface area contributed by atoms with Gasteiger partial charge in [-0.2, -0.15) is 13.2 Å². The third-order valence-electron chi connectivity index (χ3n) is 1.62. The summed E-state index contributed by atoms with van der Waals surface area (Å²) in [5.74, 6) is -0.869. The molecule has 84 valence electrons. The third kappa shape index (κ3) is 5.47. The van der Waals surface area contributed by atoms with Crippen LogP contribution in [0.3, 0.4) is 0 Å². The third-order valence-corrected chi connectivity index (χ3v) is 1.98.